The van der Waals surface area contributed by atoms with E-state index < -0.39 is 17.4 Å². The van der Waals surface area contributed by atoms with Gasteiger partial charge in [0.25, 0.3) is 0 Å². The zero-order chi connectivity index (χ0) is 13.3. The lowest BCUT2D eigenvalue weighted by Gasteiger charge is -2.27. The molecule has 6 nitrogen and oxygen atoms in total. The van der Waals surface area contributed by atoms with Gasteiger partial charge in [0.15, 0.2) is 5.54 Å². The average Bonchev–Trinajstić information content (AvgIpc) is 2.27. The van der Waals surface area contributed by atoms with E-state index in [0.717, 1.165) is 25.7 Å². The zero-order valence-corrected chi connectivity index (χ0v) is 10.5. The van der Waals surface area contributed by atoms with E-state index in [9.17, 15) is 9.59 Å². The maximum Gasteiger partial charge on any atom is 0.247 e. The lowest BCUT2D eigenvalue weighted by Crippen LogP contribution is -2.63. The van der Waals surface area contributed by atoms with Crippen molar-refractivity contribution in [3.8, 4) is 0 Å². The van der Waals surface area contributed by atoms with Crippen LogP contribution < -0.4 is 22.5 Å². The monoisotopic (exact) mass is 244 g/mol. The fourth-order valence-electron chi connectivity index (χ4n) is 1.69. The summed E-state index contributed by atoms with van der Waals surface area (Å²) in [5, 5.41) is 2.88. The van der Waals surface area contributed by atoms with Crippen molar-refractivity contribution >= 4 is 11.8 Å². The quantitative estimate of drug-likeness (QED) is 0.297. The van der Waals surface area contributed by atoms with Gasteiger partial charge < -0.3 is 17.2 Å². The van der Waals surface area contributed by atoms with Crippen LogP contribution in [0.1, 0.15) is 39.0 Å². The first-order valence-electron chi connectivity index (χ1n) is 6.06. The molecule has 0 fully saturated rings. The van der Waals surface area contributed by atoms with E-state index in [1.807, 2.05) is 0 Å². The van der Waals surface area contributed by atoms with E-state index in [0.29, 0.717) is 13.1 Å². The highest BCUT2D eigenvalue weighted by molar-refractivity contribution is 6.08. The second-order valence-electron chi connectivity index (χ2n) is 4.12. The molecule has 0 saturated carbocycles. The molecule has 0 aromatic carbocycles. The van der Waals surface area contributed by atoms with E-state index in [-0.39, 0.29) is 6.42 Å². The third kappa shape index (κ3) is 4.70. The second kappa shape index (κ2) is 8.03. The first-order valence-corrected chi connectivity index (χ1v) is 6.06. The highest BCUT2D eigenvalue weighted by Crippen LogP contribution is 2.09. The standard InChI is InChI=1S/C11H24N4O2/c1-2-11(9(13)16,10(14)17)15-8-6-4-3-5-7-12/h15H,2-8,12H2,1H3,(H2,13,16)(H2,14,17). The van der Waals surface area contributed by atoms with Crippen molar-refractivity contribution in [1.29, 1.82) is 0 Å². The number of hydrogen-bond donors (Lipinski definition) is 4. The Morgan fingerprint density at radius 2 is 1.59 bits per heavy atom. The van der Waals surface area contributed by atoms with Crippen molar-refractivity contribution in [2.75, 3.05) is 13.1 Å². The number of hydrogen-bond acceptors (Lipinski definition) is 4. The summed E-state index contributed by atoms with van der Waals surface area (Å²) in [4.78, 5) is 22.6. The Balaban J connectivity index is 4.10. The number of nitrogens with one attached hydrogen (secondary N) is 1. The molecule has 6 heteroatoms. The molecule has 0 atom stereocenters. The van der Waals surface area contributed by atoms with Crippen molar-refractivity contribution in [3.05, 3.63) is 0 Å². The van der Waals surface area contributed by atoms with Gasteiger partial charge in [0, 0.05) is 0 Å². The first-order chi connectivity index (χ1) is 8.01. The van der Waals surface area contributed by atoms with Crippen LogP contribution in [0.3, 0.4) is 0 Å². The molecule has 0 radical (unpaired) electrons. The van der Waals surface area contributed by atoms with E-state index in [4.69, 9.17) is 17.2 Å². The van der Waals surface area contributed by atoms with Crippen molar-refractivity contribution < 1.29 is 9.59 Å². The van der Waals surface area contributed by atoms with Crippen LogP contribution in [0.2, 0.25) is 0 Å². The number of nitrogens with two attached hydrogens (primary N) is 3. The molecule has 2 amide bonds. The fourth-order valence-corrected chi connectivity index (χ4v) is 1.69. The summed E-state index contributed by atoms with van der Waals surface area (Å²) in [5.74, 6) is -1.43. The molecule has 100 valence electrons. The van der Waals surface area contributed by atoms with E-state index in [1.165, 1.54) is 0 Å². The van der Waals surface area contributed by atoms with E-state index >= 15 is 0 Å². The molecule has 0 unspecified atom stereocenters. The van der Waals surface area contributed by atoms with Gasteiger partial charge in [-0.05, 0) is 32.4 Å². The molecule has 0 bridgehead atoms. The molecular formula is C11H24N4O2. The van der Waals surface area contributed by atoms with Gasteiger partial charge >= 0.3 is 0 Å². The molecule has 0 aliphatic heterocycles. The molecule has 0 spiro atoms. The van der Waals surface area contributed by atoms with Gasteiger partial charge in [-0.2, -0.15) is 0 Å². The van der Waals surface area contributed by atoms with Gasteiger partial charge in [0.05, 0.1) is 0 Å². The van der Waals surface area contributed by atoms with Crippen molar-refractivity contribution in [2.24, 2.45) is 17.2 Å². The Morgan fingerprint density at radius 1 is 1.06 bits per heavy atom. The summed E-state index contributed by atoms with van der Waals surface area (Å²) in [5.41, 5.74) is 14.4. The molecule has 0 aliphatic carbocycles. The Labute approximate surface area is 102 Å². The van der Waals surface area contributed by atoms with Crippen molar-refractivity contribution in [1.82, 2.24) is 5.32 Å². The molecule has 0 aromatic rings. The highest BCUT2D eigenvalue weighted by Gasteiger charge is 2.40. The van der Waals surface area contributed by atoms with Crippen LogP contribution in [-0.4, -0.2) is 30.4 Å². The zero-order valence-electron chi connectivity index (χ0n) is 10.5. The maximum atomic E-state index is 11.3. The third-order valence-corrected chi connectivity index (χ3v) is 2.93. The summed E-state index contributed by atoms with van der Waals surface area (Å²) in [6.45, 7) is 2.94. The molecular weight excluding hydrogens is 220 g/mol. The van der Waals surface area contributed by atoms with Gasteiger partial charge in [-0.3, -0.25) is 14.9 Å². The summed E-state index contributed by atoms with van der Waals surface area (Å²) in [6, 6.07) is 0. The van der Waals surface area contributed by atoms with Gasteiger partial charge in [-0.1, -0.05) is 19.8 Å². The van der Waals surface area contributed by atoms with Gasteiger partial charge in [-0.25, -0.2) is 0 Å². The van der Waals surface area contributed by atoms with E-state index in [2.05, 4.69) is 5.32 Å². The van der Waals surface area contributed by atoms with Gasteiger partial charge in [0.2, 0.25) is 11.8 Å². The van der Waals surface area contributed by atoms with Crippen LogP contribution in [0.4, 0.5) is 0 Å². The lowest BCUT2D eigenvalue weighted by molar-refractivity contribution is -0.135. The Kier molecular flexibility index (Phi) is 7.49. The summed E-state index contributed by atoms with van der Waals surface area (Å²) in [6.07, 6.45) is 4.17. The van der Waals surface area contributed by atoms with Crippen LogP contribution in [0, 0.1) is 0 Å². The number of unbranched alkanes of at least 4 members (excludes halogenated alkanes) is 3. The van der Waals surface area contributed by atoms with Crippen LogP contribution in [-0.2, 0) is 9.59 Å². The molecule has 0 saturated heterocycles. The number of carbonyl (C=O) groups excluding carboxylic acids is 2. The van der Waals surface area contributed by atoms with E-state index in [1.54, 1.807) is 6.92 Å². The minimum Gasteiger partial charge on any atom is -0.368 e. The third-order valence-electron chi connectivity index (χ3n) is 2.93. The summed E-state index contributed by atoms with van der Waals surface area (Å²) < 4.78 is 0. The Bertz CT molecular complexity index is 242. The summed E-state index contributed by atoms with van der Waals surface area (Å²) in [7, 11) is 0. The smallest absolute Gasteiger partial charge is 0.247 e. The highest BCUT2D eigenvalue weighted by atomic mass is 16.2. The van der Waals surface area contributed by atoms with Crippen LogP contribution >= 0.6 is 0 Å². The van der Waals surface area contributed by atoms with Gasteiger partial charge in [0.1, 0.15) is 0 Å². The largest absolute Gasteiger partial charge is 0.368 e. The molecule has 17 heavy (non-hydrogen) atoms. The van der Waals surface area contributed by atoms with Gasteiger partial charge in [-0.15, -0.1) is 0 Å². The minimum absolute atomic E-state index is 0.264. The molecule has 0 heterocycles. The van der Waals surface area contributed by atoms with Crippen LogP contribution in [0.5, 0.6) is 0 Å². The molecule has 0 rings (SSSR count). The Hall–Kier alpha value is -1.14. The predicted octanol–water partition coefficient (Wildman–Crippen LogP) is -0.785. The molecule has 0 aliphatic rings. The normalized spacial score (nSPS) is 11.4. The fraction of sp³-hybridized carbons (Fsp3) is 0.818. The second-order valence-corrected chi connectivity index (χ2v) is 4.12. The average molecular weight is 244 g/mol. The Morgan fingerprint density at radius 3 is 2.00 bits per heavy atom. The number of rotatable bonds is 10. The predicted molar refractivity (Wildman–Crippen MR) is 66.9 cm³/mol. The van der Waals surface area contributed by atoms with Crippen molar-refractivity contribution in [3.63, 3.8) is 0 Å². The molecule has 7 N–H and O–H groups in total. The topological polar surface area (TPSA) is 124 Å². The molecule has 0 aromatic heterocycles. The minimum atomic E-state index is -1.41. The van der Waals surface area contributed by atoms with Crippen LogP contribution in [0.25, 0.3) is 0 Å². The first kappa shape index (κ1) is 15.9. The number of carbonyl (C=O) groups is 2. The summed E-state index contributed by atoms with van der Waals surface area (Å²) >= 11 is 0. The number of amides is 2. The van der Waals surface area contributed by atoms with Crippen molar-refractivity contribution in [2.45, 2.75) is 44.6 Å². The van der Waals surface area contributed by atoms with Crippen LogP contribution in [0.15, 0.2) is 0 Å². The SMILES string of the molecule is CCC(NCCCCCCN)(C(N)=O)C(N)=O. The maximum absolute atomic E-state index is 11.3. The number of primary amides is 2. The lowest BCUT2D eigenvalue weighted by atomic mass is 9.94.